The molecule has 3 rings (SSSR count). The monoisotopic (exact) mass is 309 g/mol. The molecular formula is C18H19NO2Si. The first-order valence-electron chi connectivity index (χ1n) is 7.29. The van der Waals surface area contributed by atoms with E-state index in [1.54, 1.807) is 7.11 Å². The standard InChI is InChI=1S/C18H19NO2Si/c1-20-22(2,3)18-16(14-10-6-4-7-11-14)19-21-17(18)15-12-8-5-9-13-15/h4-13H,1-3H3. The van der Waals surface area contributed by atoms with E-state index >= 15 is 0 Å². The van der Waals surface area contributed by atoms with Crippen LogP contribution >= 0.6 is 0 Å². The predicted octanol–water partition coefficient (Wildman–Crippen LogP) is 4.07. The van der Waals surface area contributed by atoms with Crippen molar-refractivity contribution >= 4 is 13.5 Å². The van der Waals surface area contributed by atoms with E-state index in [0.717, 1.165) is 27.8 Å². The number of hydrogen-bond acceptors (Lipinski definition) is 3. The third-order valence-electron chi connectivity index (χ3n) is 3.89. The lowest BCUT2D eigenvalue weighted by atomic mass is 10.1. The van der Waals surface area contributed by atoms with Crippen LogP contribution in [0.15, 0.2) is 65.2 Å². The lowest BCUT2D eigenvalue weighted by molar-refractivity contribution is 0.415. The average Bonchev–Trinajstić information content (AvgIpc) is 3.02. The molecule has 0 bridgehead atoms. The topological polar surface area (TPSA) is 35.3 Å². The highest BCUT2D eigenvalue weighted by Gasteiger charge is 2.35. The minimum atomic E-state index is -2.11. The number of aromatic nitrogens is 1. The second-order valence-electron chi connectivity index (χ2n) is 5.68. The van der Waals surface area contributed by atoms with Gasteiger partial charge in [0.25, 0.3) is 0 Å². The van der Waals surface area contributed by atoms with Gasteiger partial charge < -0.3 is 8.95 Å². The molecule has 112 valence electrons. The normalized spacial score (nSPS) is 11.6. The van der Waals surface area contributed by atoms with Gasteiger partial charge in [-0.25, -0.2) is 0 Å². The molecule has 0 amide bonds. The highest BCUT2D eigenvalue weighted by Crippen LogP contribution is 2.27. The zero-order valence-electron chi connectivity index (χ0n) is 13.0. The van der Waals surface area contributed by atoms with E-state index in [1.165, 1.54) is 0 Å². The summed E-state index contributed by atoms with van der Waals surface area (Å²) in [7, 11) is -0.345. The quantitative estimate of drug-likeness (QED) is 0.682. The van der Waals surface area contributed by atoms with Gasteiger partial charge in [0.15, 0.2) is 5.76 Å². The SMILES string of the molecule is CO[Si](C)(C)c1c(-c2ccccc2)noc1-c1ccccc1. The van der Waals surface area contributed by atoms with Crippen molar-refractivity contribution in [2.24, 2.45) is 0 Å². The van der Waals surface area contributed by atoms with Crippen molar-refractivity contribution in [2.45, 2.75) is 13.1 Å². The summed E-state index contributed by atoms with van der Waals surface area (Å²) >= 11 is 0. The van der Waals surface area contributed by atoms with Gasteiger partial charge >= 0.3 is 0 Å². The van der Waals surface area contributed by atoms with Gasteiger partial charge in [0.1, 0.15) is 5.69 Å². The third-order valence-corrected chi connectivity index (χ3v) is 6.58. The molecule has 3 nitrogen and oxygen atoms in total. The Bertz CT molecular complexity index is 694. The fraction of sp³-hybridized carbons (Fsp3) is 0.167. The zero-order valence-corrected chi connectivity index (χ0v) is 14.0. The molecule has 0 fully saturated rings. The molecule has 0 radical (unpaired) electrons. The Kier molecular flexibility index (Phi) is 3.96. The Morgan fingerprint density at radius 2 is 1.41 bits per heavy atom. The molecule has 3 aromatic rings. The highest BCUT2D eigenvalue weighted by molar-refractivity contribution is 6.86. The first-order chi connectivity index (χ1) is 10.6. The van der Waals surface area contributed by atoms with Crippen LogP contribution in [0, 0.1) is 0 Å². The summed E-state index contributed by atoms with van der Waals surface area (Å²) in [5.41, 5.74) is 2.98. The summed E-state index contributed by atoms with van der Waals surface area (Å²) in [4.78, 5) is 0. The van der Waals surface area contributed by atoms with Gasteiger partial charge in [0.2, 0.25) is 8.32 Å². The third kappa shape index (κ3) is 2.63. The summed E-state index contributed by atoms with van der Waals surface area (Å²) in [6.07, 6.45) is 0. The molecule has 0 saturated carbocycles. The number of nitrogens with zero attached hydrogens (tertiary/aromatic N) is 1. The fourth-order valence-corrected chi connectivity index (χ4v) is 4.23. The van der Waals surface area contributed by atoms with E-state index in [4.69, 9.17) is 8.95 Å². The summed E-state index contributed by atoms with van der Waals surface area (Å²) < 4.78 is 11.6. The minimum Gasteiger partial charge on any atom is -0.416 e. The van der Waals surface area contributed by atoms with Crippen molar-refractivity contribution in [1.29, 1.82) is 0 Å². The second kappa shape index (κ2) is 5.91. The number of rotatable bonds is 4. The summed E-state index contributed by atoms with van der Waals surface area (Å²) in [6, 6.07) is 20.2. The molecule has 0 aliphatic carbocycles. The van der Waals surface area contributed by atoms with Crippen LogP contribution in [0.4, 0.5) is 0 Å². The van der Waals surface area contributed by atoms with E-state index in [2.05, 4.69) is 30.4 Å². The Hall–Kier alpha value is -2.17. The second-order valence-corrected chi connectivity index (χ2v) is 9.61. The molecule has 0 saturated heterocycles. The smallest absolute Gasteiger partial charge is 0.224 e. The van der Waals surface area contributed by atoms with Gasteiger partial charge in [-0.05, 0) is 13.1 Å². The number of hydrogen-bond donors (Lipinski definition) is 0. The maximum absolute atomic E-state index is 5.85. The van der Waals surface area contributed by atoms with E-state index < -0.39 is 8.32 Å². The molecule has 0 N–H and O–H groups in total. The van der Waals surface area contributed by atoms with Crippen LogP contribution in [0.3, 0.4) is 0 Å². The molecule has 1 aromatic heterocycles. The molecule has 0 atom stereocenters. The first-order valence-corrected chi connectivity index (χ1v) is 10.2. The molecule has 1 heterocycles. The molecule has 0 spiro atoms. The Morgan fingerprint density at radius 3 is 1.95 bits per heavy atom. The van der Waals surface area contributed by atoms with Crippen LogP contribution in [0.25, 0.3) is 22.6 Å². The van der Waals surface area contributed by atoms with Crippen LogP contribution in [0.5, 0.6) is 0 Å². The van der Waals surface area contributed by atoms with Crippen molar-refractivity contribution in [2.75, 3.05) is 7.11 Å². The van der Waals surface area contributed by atoms with Crippen LogP contribution in [-0.4, -0.2) is 20.6 Å². The van der Waals surface area contributed by atoms with Crippen molar-refractivity contribution in [1.82, 2.24) is 5.16 Å². The lowest BCUT2D eigenvalue weighted by Crippen LogP contribution is -2.45. The highest BCUT2D eigenvalue weighted by atomic mass is 28.4. The molecule has 2 aromatic carbocycles. The van der Waals surface area contributed by atoms with Gasteiger partial charge in [0.05, 0.1) is 0 Å². The lowest BCUT2D eigenvalue weighted by Gasteiger charge is -2.21. The van der Waals surface area contributed by atoms with Crippen molar-refractivity contribution < 1.29 is 8.95 Å². The van der Waals surface area contributed by atoms with E-state index in [9.17, 15) is 0 Å². The van der Waals surface area contributed by atoms with Crippen LogP contribution in [0.2, 0.25) is 13.1 Å². The fourth-order valence-electron chi connectivity index (χ4n) is 2.53. The average molecular weight is 309 g/mol. The zero-order chi connectivity index (χ0) is 15.6. The van der Waals surface area contributed by atoms with E-state index in [0.29, 0.717) is 0 Å². The summed E-state index contributed by atoms with van der Waals surface area (Å²) in [6.45, 7) is 4.33. The van der Waals surface area contributed by atoms with Crippen molar-refractivity contribution in [3.8, 4) is 22.6 Å². The Labute approximate surface area is 131 Å². The molecule has 22 heavy (non-hydrogen) atoms. The Morgan fingerprint density at radius 1 is 0.864 bits per heavy atom. The summed E-state index contributed by atoms with van der Waals surface area (Å²) in [5.74, 6) is 0.818. The van der Waals surface area contributed by atoms with Gasteiger partial charge in [-0.2, -0.15) is 0 Å². The number of benzene rings is 2. The van der Waals surface area contributed by atoms with Gasteiger partial charge in [0, 0.05) is 23.4 Å². The maximum atomic E-state index is 5.85. The maximum Gasteiger partial charge on any atom is 0.224 e. The van der Waals surface area contributed by atoms with E-state index in [-0.39, 0.29) is 0 Å². The largest absolute Gasteiger partial charge is 0.416 e. The molecule has 0 aliphatic heterocycles. The molecule has 4 heteroatoms. The van der Waals surface area contributed by atoms with Crippen molar-refractivity contribution in [3.63, 3.8) is 0 Å². The Balaban J connectivity index is 2.23. The molecule has 0 aliphatic rings. The van der Waals surface area contributed by atoms with Gasteiger partial charge in [-0.1, -0.05) is 65.8 Å². The van der Waals surface area contributed by atoms with Crippen molar-refractivity contribution in [3.05, 3.63) is 60.7 Å². The molecular weight excluding hydrogens is 290 g/mol. The van der Waals surface area contributed by atoms with Crippen LogP contribution < -0.4 is 5.19 Å². The molecule has 0 unspecified atom stereocenters. The van der Waals surface area contributed by atoms with Crippen LogP contribution in [-0.2, 0) is 4.43 Å². The van der Waals surface area contributed by atoms with E-state index in [1.807, 2.05) is 48.5 Å². The van der Waals surface area contributed by atoms with Gasteiger partial charge in [-0.3, -0.25) is 0 Å². The van der Waals surface area contributed by atoms with Crippen LogP contribution in [0.1, 0.15) is 0 Å². The predicted molar refractivity (Wildman–Crippen MR) is 91.5 cm³/mol. The minimum absolute atomic E-state index is 0.818. The summed E-state index contributed by atoms with van der Waals surface area (Å²) in [5, 5.41) is 5.46. The van der Waals surface area contributed by atoms with Gasteiger partial charge in [-0.15, -0.1) is 0 Å². The first kappa shape index (κ1) is 14.8.